The third kappa shape index (κ3) is 2.67. The van der Waals surface area contributed by atoms with Gasteiger partial charge in [0.15, 0.2) is 0 Å². The standard InChI is InChI=1S/C14H26N2O/c1-2-11-17-14(6-1)7-3-10-16(12-14)13-4-8-15-9-5-13/h13,15H,1-12H2. The molecular formula is C14H26N2O. The van der Waals surface area contributed by atoms with Crippen LogP contribution in [0.4, 0.5) is 0 Å². The van der Waals surface area contributed by atoms with Gasteiger partial charge in [0.05, 0.1) is 5.60 Å². The van der Waals surface area contributed by atoms with Gasteiger partial charge in [0.2, 0.25) is 0 Å². The number of nitrogens with one attached hydrogen (secondary N) is 1. The fraction of sp³-hybridized carbons (Fsp3) is 1.00. The third-order valence-electron chi connectivity index (χ3n) is 4.83. The Morgan fingerprint density at radius 3 is 2.65 bits per heavy atom. The minimum absolute atomic E-state index is 0.237. The summed E-state index contributed by atoms with van der Waals surface area (Å²) in [6.07, 6.45) is 9.24. The number of hydrogen-bond donors (Lipinski definition) is 1. The average molecular weight is 238 g/mol. The van der Waals surface area contributed by atoms with E-state index >= 15 is 0 Å². The van der Waals surface area contributed by atoms with Crippen LogP contribution in [0.1, 0.15) is 44.9 Å². The molecule has 3 aliphatic heterocycles. The van der Waals surface area contributed by atoms with Crippen molar-refractivity contribution in [3.8, 4) is 0 Å². The van der Waals surface area contributed by atoms with Crippen molar-refractivity contribution in [3.05, 3.63) is 0 Å². The highest BCUT2D eigenvalue weighted by atomic mass is 16.5. The second kappa shape index (κ2) is 5.25. The normalized spacial score (nSPS) is 37.4. The predicted molar refractivity (Wildman–Crippen MR) is 69.2 cm³/mol. The molecule has 1 unspecified atom stereocenters. The first-order valence-corrected chi connectivity index (χ1v) is 7.47. The van der Waals surface area contributed by atoms with E-state index in [0.29, 0.717) is 0 Å². The van der Waals surface area contributed by atoms with Crippen LogP contribution in [0, 0.1) is 0 Å². The molecule has 0 aromatic rings. The summed E-state index contributed by atoms with van der Waals surface area (Å²) in [7, 11) is 0. The first-order valence-electron chi connectivity index (χ1n) is 7.47. The maximum absolute atomic E-state index is 6.17. The largest absolute Gasteiger partial charge is 0.374 e. The van der Waals surface area contributed by atoms with Crippen LogP contribution >= 0.6 is 0 Å². The maximum atomic E-state index is 6.17. The van der Waals surface area contributed by atoms with E-state index in [1.54, 1.807) is 0 Å². The number of piperidine rings is 2. The highest BCUT2D eigenvalue weighted by Crippen LogP contribution is 2.35. The van der Waals surface area contributed by atoms with Gasteiger partial charge in [0.25, 0.3) is 0 Å². The van der Waals surface area contributed by atoms with E-state index in [9.17, 15) is 0 Å². The Morgan fingerprint density at radius 2 is 1.88 bits per heavy atom. The van der Waals surface area contributed by atoms with Crippen LogP contribution in [0.3, 0.4) is 0 Å². The van der Waals surface area contributed by atoms with Crippen molar-refractivity contribution < 1.29 is 4.74 Å². The molecule has 3 nitrogen and oxygen atoms in total. The second-order valence-electron chi connectivity index (χ2n) is 6.04. The Hall–Kier alpha value is -0.120. The summed E-state index contributed by atoms with van der Waals surface area (Å²) in [4.78, 5) is 2.73. The fourth-order valence-electron chi connectivity index (χ4n) is 3.85. The zero-order valence-electron chi connectivity index (χ0n) is 10.9. The summed E-state index contributed by atoms with van der Waals surface area (Å²) >= 11 is 0. The molecule has 3 heterocycles. The zero-order valence-corrected chi connectivity index (χ0v) is 10.9. The molecule has 1 atom stereocenters. The Kier molecular flexibility index (Phi) is 3.69. The van der Waals surface area contributed by atoms with Crippen molar-refractivity contribution in [2.24, 2.45) is 0 Å². The molecule has 0 radical (unpaired) electrons. The fourth-order valence-corrected chi connectivity index (χ4v) is 3.85. The number of ether oxygens (including phenoxy) is 1. The van der Waals surface area contributed by atoms with E-state index in [0.717, 1.165) is 12.6 Å². The number of likely N-dealkylation sites (tertiary alicyclic amines) is 1. The van der Waals surface area contributed by atoms with Gasteiger partial charge in [-0.2, -0.15) is 0 Å². The van der Waals surface area contributed by atoms with Crippen molar-refractivity contribution >= 4 is 0 Å². The molecule has 3 heteroatoms. The van der Waals surface area contributed by atoms with Gasteiger partial charge in [-0.1, -0.05) is 0 Å². The SMILES string of the molecule is C1CCC2(CCCN(C3CCNCC3)C2)OC1. The molecule has 0 aromatic heterocycles. The molecule has 3 fully saturated rings. The molecule has 3 aliphatic rings. The van der Waals surface area contributed by atoms with E-state index in [4.69, 9.17) is 4.74 Å². The van der Waals surface area contributed by atoms with Crippen LogP contribution in [0.2, 0.25) is 0 Å². The van der Waals surface area contributed by atoms with E-state index in [1.165, 1.54) is 71.1 Å². The summed E-state index contributed by atoms with van der Waals surface area (Å²) in [6.45, 7) is 5.91. The van der Waals surface area contributed by atoms with Crippen LogP contribution in [-0.4, -0.2) is 49.3 Å². The first-order chi connectivity index (χ1) is 8.38. The smallest absolute Gasteiger partial charge is 0.0809 e. The van der Waals surface area contributed by atoms with Crippen molar-refractivity contribution in [2.75, 3.05) is 32.8 Å². The molecule has 1 spiro atoms. The highest BCUT2D eigenvalue weighted by molar-refractivity contribution is 4.93. The van der Waals surface area contributed by atoms with Gasteiger partial charge in [-0.3, -0.25) is 4.90 Å². The molecular weight excluding hydrogens is 212 g/mol. The highest BCUT2D eigenvalue weighted by Gasteiger charge is 2.39. The first kappa shape index (κ1) is 11.9. The Labute approximate surface area is 105 Å². The minimum atomic E-state index is 0.237. The molecule has 0 bridgehead atoms. The van der Waals surface area contributed by atoms with Gasteiger partial charge < -0.3 is 10.1 Å². The third-order valence-corrected chi connectivity index (χ3v) is 4.83. The van der Waals surface area contributed by atoms with Gasteiger partial charge in [-0.15, -0.1) is 0 Å². The molecule has 0 aliphatic carbocycles. The van der Waals surface area contributed by atoms with Crippen molar-refractivity contribution in [1.82, 2.24) is 10.2 Å². The lowest BCUT2D eigenvalue weighted by Crippen LogP contribution is -2.55. The van der Waals surface area contributed by atoms with Gasteiger partial charge >= 0.3 is 0 Å². The minimum Gasteiger partial charge on any atom is -0.374 e. The zero-order chi connectivity index (χ0) is 11.6. The average Bonchev–Trinajstić information content (AvgIpc) is 2.41. The van der Waals surface area contributed by atoms with E-state index in [2.05, 4.69) is 10.2 Å². The van der Waals surface area contributed by atoms with Crippen molar-refractivity contribution in [3.63, 3.8) is 0 Å². The number of rotatable bonds is 1. The molecule has 3 rings (SSSR count). The Bertz CT molecular complexity index is 239. The summed E-state index contributed by atoms with van der Waals surface area (Å²) in [5, 5.41) is 3.47. The lowest BCUT2D eigenvalue weighted by Gasteiger charge is -2.48. The van der Waals surface area contributed by atoms with Gasteiger partial charge in [0.1, 0.15) is 0 Å². The van der Waals surface area contributed by atoms with Crippen molar-refractivity contribution in [2.45, 2.75) is 56.6 Å². The van der Waals surface area contributed by atoms with Crippen molar-refractivity contribution in [1.29, 1.82) is 0 Å². The molecule has 3 saturated heterocycles. The number of nitrogens with zero attached hydrogens (tertiary/aromatic N) is 1. The second-order valence-corrected chi connectivity index (χ2v) is 6.04. The van der Waals surface area contributed by atoms with Crippen LogP contribution in [0.5, 0.6) is 0 Å². The van der Waals surface area contributed by atoms with Gasteiger partial charge in [-0.25, -0.2) is 0 Å². The molecule has 0 aromatic carbocycles. The van der Waals surface area contributed by atoms with Crippen LogP contribution in [0.25, 0.3) is 0 Å². The van der Waals surface area contributed by atoms with E-state index in [-0.39, 0.29) is 5.60 Å². The molecule has 17 heavy (non-hydrogen) atoms. The predicted octanol–water partition coefficient (Wildman–Crippen LogP) is 1.77. The van der Waals surface area contributed by atoms with Gasteiger partial charge in [-0.05, 0) is 64.6 Å². The summed E-state index contributed by atoms with van der Waals surface area (Å²) in [6, 6.07) is 0.818. The van der Waals surface area contributed by atoms with Crippen LogP contribution in [-0.2, 0) is 4.74 Å². The van der Waals surface area contributed by atoms with Crippen LogP contribution in [0.15, 0.2) is 0 Å². The van der Waals surface area contributed by atoms with Crippen LogP contribution < -0.4 is 5.32 Å². The van der Waals surface area contributed by atoms with Gasteiger partial charge in [0, 0.05) is 19.2 Å². The van der Waals surface area contributed by atoms with E-state index < -0.39 is 0 Å². The quantitative estimate of drug-likeness (QED) is 0.753. The Morgan fingerprint density at radius 1 is 1.06 bits per heavy atom. The topological polar surface area (TPSA) is 24.5 Å². The molecule has 0 saturated carbocycles. The summed E-state index contributed by atoms with van der Waals surface area (Å²) < 4.78 is 6.17. The summed E-state index contributed by atoms with van der Waals surface area (Å²) in [5.74, 6) is 0. The van der Waals surface area contributed by atoms with E-state index in [1.807, 2.05) is 0 Å². The monoisotopic (exact) mass is 238 g/mol. The molecule has 1 N–H and O–H groups in total. The number of hydrogen-bond acceptors (Lipinski definition) is 3. The molecule has 0 amide bonds. The maximum Gasteiger partial charge on any atom is 0.0809 e. The summed E-state index contributed by atoms with van der Waals surface area (Å²) in [5.41, 5.74) is 0.237. The lowest BCUT2D eigenvalue weighted by atomic mass is 9.84. The lowest BCUT2D eigenvalue weighted by molar-refractivity contribution is -0.124. The molecule has 98 valence electrons. The Balaban J connectivity index is 1.61.